The predicted octanol–water partition coefficient (Wildman–Crippen LogP) is 5.77. The van der Waals surface area contributed by atoms with Gasteiger partial charge >= 0.3 is 0 Å². The van der Waals surface area contributed by atoms with E-state index in [1.165, 1.54) is 0 Å². The van der Waals surface area contributed by atoms with Gasteiger partial charge in [0.2, 0.25) is 11.8 Å². The molecule has 4 N–H and O–H groups in total. The van der Waals surface area contributed by atoms with Gasteiger partial charge in [-0.05, 0) is 61.1 Å². The number of carbonyl (C=O) groups excluding carboxylic acids is 4. The van der Waals surface area contributed by atoms with Gasteiger partial charge in [0.15, 0.2) is 0 Å². The van der Waals surface area contributed by atoms with Crippen molar-refractivity contribution in [1.29, 1.82) is 0 Å². The van der Waals surface area contributed by atoms with Crippen molar-refractivity contribution in [3.05, 3.63) is 131 Å². The molecule has 4 aromatic rings. The Hall–Kier alpha value is -5.24. The molecule has 0 aliphatic carbocycles. The fourth-order valence-electron chi connectivity index (χ4n) is 4.70. The molecule has 0 heterocycles. The van der Waals surface area contributed by atoms with Crippen LogP contribution in [0.4, 0.5) is 11.4 Å². The van der Waals surface area contributed by atoms with Crippen molar-refractivity contribution in [2.45, 2.75) is 38.5 Å². The summed E-state index contributed by atoms with van der Waals surface area (Å²) in [6.45, 7) is 0.965. The fraction of sp³-hybridized carbons (Fsp3) is 0.222. The highest BCUT2D eigenvalue weighted by Gasteiger charge is 2.15. The van der Waals surface area contributed by atoms with Gasteiger partial charge in [-0.3, -0.25) is 19.2 Å². The number of para-hydroxylation sites is 2. The lowest BCUT2D eigenvalue weighted by molar-refractivity contribution is -0.118. The molecule has 0 fully saturated rings. The maximum absolute atomic E-state index is 12.8. The Bertz CT molecular complexity index is 1420. The van der Waals surface area contributed by atoms with E-state index in [9.17, 15) is 19.2 Å². The average molecular weight is 591 g/mol. The Labute approximate surface area is 258 Å². The van der Waals surface area contributed by atoms with Crippen LogP contribution < -0.4 is 21.3 Å². The first-order valence-corrected chi connectivity index (χ1v) is 14.9. The first kappa shape index (κ1) is 31.7. The largest absolute Gasteiger partial charge is 0.352 e. The van der Waals surface area contributed by atoms with Gasteiger partial charge < -0.3 is 21.3 Å². The molecule has 0 saturated heterocycles. The summed E-state index contributed by atoms with van der Waals surface area (Å²) in [5.41, 5.74) is 3.96. The molecule has 44 heavy (non-hydrogen) atoms. The third kappa shape index (κ3) is 10.2. The number of benzene rings is 4. The fourth-order valence-corrected chi connectivity index (χ4v) is 4.70. The number of anilines is 2. The zero-order valence-electron chi connectivity index (χ0n) is 24.7. The maximum atomic E-state index is 12.8. The van der Waals surface area contributed by atoms with Crippen molar-refractivity contribution in [2.75, 3.05) is 23.7 Å². The molecule has 0 aliphatic rings. The molecular weight excluding hydrogens is 552 g/mol. The van der Waals surface area contributed by atoms with Crippen molar-refractivity contribution in [3.63, 3.8) is 0 Å². The number of hydrogen-bond acceptors (Lipinski definition) is 4. The van der Waals surface area contributed by atoms with Gasteiger partial charge in [-0.2, -0.15) is 0 Å². The van der Waals surface area contributed by atoms with E-state index in [1.807, 2.05) is 60.7 Å². The number of unbranched alkanes of at least 4 members (excludes halogenated alkanes) is 1. The highest BCUT2D eigenvalue weighted by molar-refractivity contribution is 6.04. The lowest BCUT2D eigenvalue weighted by Crippen LogP contribution is -2.27. The molecule has 0 spiro atoms. The van der Waals surface area contributed by atoms with E-state index in [-0.39, 0.29) is 36.5 Å². The third-order valence-electron chi connectivity index (χ3n) is 7.03. The maximum Gasteiger partial charge on any atom is 0.253 e. The van der Waals surface area contributed by atoms with Gasteiger partial charge in [0.05, 0.1) is 22.5 Å². The standard InChI is InChI=1S/C36H38N4O4/c41-33(39-31-19-9-7-17-29(31)35(43)37-25-23-27-13-3-1-4-14-27)21-11-12-22-34(42)40-32-20-10-8-18-30(32)36(44)38-26-24-28-15-5-2-6-16-28/h1-10,13-20H,11-12,21-26H2,(H,37,43)(H,38,44)(H,39,41)(H,40,42). The minimum absolute atomic E-state index is 0.206. The van der Waals surface area contributed by atoms with Crippen LogP contribution in [0.25, 0.3) is 0 Å². The van der Waals surface area contributed by atoms with Crippen LogP contribution in [-0.4, -0.2) is 36.7 Å². The van der Waals surface area contributed by atoms with E-state index in [0.29, 0.717) is 61.3 Å². The molecule has 0 saturated carbocycles. The van der Waals surface area contributed by atoms with E-state index < -0.39 is 0 Å². The second-order valence-electron chi connectivity index (χ2n) is 10.4. The Morgan fingerprint density at radius 3 is 1.23 bits per heavy atom. The molecule has 0 bridgehead atoms. The highest BCUT2D eigenvalue weighted by atomic mass is 16.2. The molecule has 0 radical (unpaired) electrons. The lowest BCUT2D eigenvalue weighted by Gasteiger charge is -2.12. The van der Waals surface area contributed by atoms with Gasteiger partial charge in [0.25, 0.3) is 11.8 Å². The third-order valence-corrected chi connectivity index (χ3v) is 7.03. The molecule has 8 nitrogen and oxygen atoms in total. The summed E-state index contributed by atoms with van der Waals surface area (Å²) >= 11 is 0. The summed E-state index contributed by atoms with van der Waals surface area (Å²) in [6.07, 6.45) is 2.82. The molecule has 4 aromatic carbocycles. The van der Waals surface area contributed by atoms with Crippen molar-refractivity contribution in [2.24, 2.45) is 0 Å². The minimum Gasteiger partial charge on any atom is -0.352 e. The van der Waals surface area contributed by atoms with Crippen LogP contribution in [0.3, 0.4) is 0 Å². The summed E-state index contributed by atoms with van der Waals surface area (Å²) in [6, 6.07) is 33.6. The van der Waals surface area contributed by atoms with Crippen LogP contribution in [0.15, 0.2) is 109 Å². The molecule has 4 rings (SSSR count). The SMILES string of the molecule is O=C(CCCCC(=O)Nc1ccccc1C(=O)NCCc1ccccc1)Nc1ccccc1C(=O)NCCc1ccccc1. The van der Waals surface area contributed by atoms with Crippen LogP contribution in [0.1, 0.15) is 57.5 Å². The Morgan fingerprint density at radius 2 is 0.818 bits per heavy atom. The number of nitrogens with one attached hydrogen (secondary N) is 4. The smallest absolute Gasteiger partial charge is 0.253 e. The summed E-state index contributed by atoms with van der Waals surface area (Å²) in [4.78, 5) is 50.8. The molecule has 226 valence electrons. The van der Waals surface area contributed by atoms with E-state index in [4.69, 9.17) is 0 Å². The van der Waals surface area contributed by atoms with Crippen LogP contribution in [0.5, 0.6) is 0 Å². The van der Waals surface area contributed by atoms with Crippen LogP contribution in [-0.2, 0) is 22.4 Å². The minimum atomic E-state index is -0.251. The number of rotatable bonds is 15. The molecule has 0 aliphatic heterocycles. The van der Waals surface area contributed by atoms with E-state index in [0.717, 1.165) is 11.1 Å². The average Bonchev–Trinajstić information content (AvgIpc) is 3.04. The number of carbonyl (C=O) groups is 4. The van der Waals surface area contributed by atoms with Gasteiger partial charge in [0.1, 0.15) is 0 Å². The van der Waals surface area contributed by atoms with Crippen molar-refractivity contribution in [1.82, 2.24) is 10.6 Å². The van der Waals surface area contributed by atoms with E-state index >= 15 is 0 Å². The molecule has 4 amide bonds. The Balaban J connectivity index is 1.18. The van der Waals surface area contributed by atoms with Gasteiger partial charge in [0, 0.05) is 25.9 Å². The van der Waals surface area contributed by atoms with Crippen LogP contribution in [0.2, 0.25) is 0 Å². The summed E-state index contributed by atoms with van der Waals surface area (Å²) < 4.78 is 0. The monoisotopic (exact) mass is 590 g/mol. The van der Waals surface area contributed by atoms with E-state index in [1.54, 1.807) is 48.5 Å². The second-order valence-corrected chi connectivity index (χ2v) is 10.4. The topological polar surface area (TPSA) is 116 Å². The van der Waals surface area contributed by atoms with Crippen molar-refractivity contribution >= 4 is 35.0 Å². The van der Waals surface area contributed by atoms with Gasteiger partial charge in [-0.25, -0.2) is 0 Å². The van der Waals surface area contributed by atoms with Gasteiger partial charge in [-0.1, -0.05) is 84.9 Å². The predicted molar refractivity (Wildman–Crippen MR) is 174 cm³/mol. The first-order valence-electron chi connectivity index (χ1n) is 14.9. The quantitative estimate of drug-likeness (QED) is 0.132. The zero-order chi connectivity index (χ0) is 31.0. The summed E-state index contributed by atoms with van der Waals surface area (Å²) in [5.74, 6) is -0.961. The number of hydrogen-bond donors (Lipinski definition) is 4. The molecule has 0 atom stereocenters. The zero-order valence-corrected chi connectivity index (χ0v) is 24.7. The first-order chi connectivity index (χ1) is 21.5. The highest BCUT2D eigenvalue weighted by Crippen LogP contribution is 2.18. The molecule has 0 aromatic heterocycles. The Kier molecular flexibility index (Phi) is 12.3. The molecule has 0 unspecified atom stereocenters. The Morgan fingerprint density at radius 1 is 0.455 bits per heavy atom. The lowest BCUT2D eigenvalue weighted by atomic mass is 10.1. The molecule has 8 heteroatoms. The normalized spacial score (nSPS) is 10.5. The van der Waals surface area contributed by atoms with E-state index in [2.05, 4.69) is 21.3 Å². The van der Waals surface area contributed by atoms with Crippen LogP contribution in [0, 0.1) is 0 Å². The summed E-state index contributed by atoms with van der Waals surface area (Å²) in [5, 5.41) is 11.5. The number of amides is 4. The van der Waals surface area contributed by atoms with Crippen molar-refractivity contribution < 1.29 is 19.2 Å². The van der Waals surface area contributed by atoms with Crippen LogP contribution >= 0.6 is 0 Å². The van der Waals surface area contributed by atoms with Gasteiger partial charge in [-0.15, -0.1) is 0 Å². The van der Waals surface area contributed by atoms with Crippen molar-refractivity contribution in [3.8, 4) is 0 Å². The molecular formula is C36H38N4O4. The second kappa shape index (κ2) is 17.0. The summed E-state index contributed by atoms with van der Waals surface area (Å²) in [7, 11) is 0.